The smallest absolute Gasteiger partial charge is 0.230 e. The molecule has 0 aromatic carbocycles. The fourth-order valence-corrected chi connectivity index (χ4v) is 1.86. The minimum atomic E-state index is -0.299. The van der Waals surface area contributed by atoms with Crippen LogP contribution in [0.5, 0.6) is 0 Å². The molecule has 1 aliphatic carbocycles. The number of rotatable bonds is 0. The van der Waals surface area contributed by atoms with Crippen LogP contribution < -0.4 is 5.32 Å². The summed E-state index contributed by atoms with van der Waals surface area (Å²) in [5.74, 6) is -0.948. The van der Waals surface area contributed by atoms with Gasteiger partial charge in [0.1, 0.15) is 0 Å². The molecule has 0 aromatic rings. The summed E-state index contributed by atoms with van der Waals surface area (Å²) in [6.07, 6.45) is 2.68. The summed E-state index contributed by atoms with van der Waals surface area (Å²) >= 11 is 0. The summed E-state index contributed by atoms with van der Waals surface area (Å²) in [6.45, 7) is 0. The Morgan fingerprint density at radius 1 is 1.38 bits per heavy atom. The van der Waals surface area contributed by atoms with Crippen LogP contribution in [0, 0.1) is 23.2 Å². The molecule has 2 unspecified atom stereocenters. The summed E-state index contributed by atoms with van der Waals surface area (Å²) in [5, 5.41) is 10.9. The van der Waals surface area contributed by atoms with Gasteiger partial charge in [0, 0.05) is 5.57 Å². The van der Waals surface area contributed by atoms with Crippen molar-refractivity contribution in [3.8, 4) is 6.07 Å². The number of allylic oxidation sites excluding steroid dienone is 2. The van der Waals surface area contributed by atoms with Crippen molar-refractivity contribution in [2.24, 2.45) is 11.8 Å². The highest BCUT2D eigenvalue weighted by molar-refractivity contribution is 6.05. The van der Waals surface area contributed by atoms with E-state index in [1.807, 2.05) is 6.07 Å². The lowest BCUT2D eigenvalue weighted by Crippen LogP contribution is -2.22. The zero-order valence-electron chi connectivity index (χ0n) is 6.91. The Bertz CT molecular complexity index is 351. The van der Waals surface area contributed by atoms with Gasteiger partial charge in [-0.1, -0.05) is 6.08 Å². The molecule has 66 valence electrons. The first-order chi connectivity index (χ1) is 6.22. The maximum absolute atomic E-state index is 11.2. The largest absolute Gasteiger partial charge is 0.296 e. The van der Waals surface area contributed by atoms with Gasteiger partial charge in [-0.05, 0) is 12.8 Å². The van der Waals surface area contributed by atoms with Crippen LogP contribution in [-0.2, 0) is 9.59 Å². The molecule has 1 heterocycles. The van der Waals surface area contributed by atoms with E-state index in [9.17, 15) is 9.59 Å². The highest BCUT2D eigenvalue weighted by atomic mass is 16.2. The van der Waals surface area contributed by atoms with Crippen molar-refractivity contribution in [1.82, 2.24) is 5.32 Å². The van der Waals surface area contributed by atoms with Crippen LogP contribution in [-0.4, -0.2) is 11.8 Å². The van der Waals surface area contributed by atoms with Gasteiger partial charge in [0.05, 0.1) is 17.9 Å². The zero-order valence-corrected chi connectivity index (χ0v) is 6.91. The monoisotopic (exact) mass is 176 g/mol. The highest BCUT2D eigenvalue weighted by Gasteiger charge is 2.42. The second-order valence-corrected chi connectivity index (χ2v) is 3.35. The molecule has 0 radical (unpaired) electrons. The van der Waals surface area contributed by atoms with Gasteiger partial charge < -0.3 is 0 Å². The van der Waals surface area contributed by atoms with E-state index in [0.717, 1.165) is 0 Å². The van der Waals surface area contributed by atoms with Crippen LogP contribution in [0.2, 0.25) is 0 Å². The Hall–Kier alpha value is -1.63. The number of nitrogens with one attached hydrogen (secondary N) is 1. The molecule has 2 aliphatic rings. The number of hydrogen-bond donors (Lipinski definition) is 1. The average molecular weight is 176 g/mol. The van der Waals surface area contributed by atoms with Crippen LogP contribution >= 0.6 is 0 Å². The Balaban J connectivity index is 2.27. The summed E-state index contributed by atoms with van der Waals surface area (Å²) < 4.78 is 0. The molecule has 1 aliphatic heterocycles. The highest BCUT2D eigenvalue weighted by Crippen LogP contribution is 2.33. The molecule has 2 amide bonds. The van der Waals surface area contributed by atoms with Gasteiger partial charge in [-0.2, -0.15) is 5.26 Å². The van der Waals surface area contributed by atoms with Gasteiger partial charge in [0.15, 0.2) is 0 Å². The molecule has 1 fully saturated rings. The van der Waals surface area contributed by atoms with E-state index in [1.165, 1.54) is 0 Å². The predicted octanol–water partition coefficient (Wildman–Crippen LogP) is 0.119. The van der Waals surface area contributed by atoms with E-state index in [1.54, 1.807) is 6.08 Å². The molecule has 0 spiro atoms. The van der Waals surface area contributed by atoms with Crippen molar-refractivity contribution in [3.63, 3.8) is 0 Å². The molecule has 2 rings (SSSR count). The maximum atomic E-state index is 11.2. The van der Waals surface area contributed by atoms with Gasteiger partial charge in [-0.25, -0.2) is 0 Å². The lowest BCUT2D eigenvalue weighted by molar-refractivity contribution is -0.126. The van der Waals surface area contributed by atoms with Gasteiger partial charge in [0.25, 0.3) is 0 Å². The fraction of sp³-hybridized carbons (Fsp3) is 0.444. The van der Waals surface area contributed by atoms with Crippen LogP contribution in [0.15, 0.2) is 11.6 Å². The second-order valence-electron chi connectivity index (χ2n) is 3.35. The zero-order chi connectivity index (χ0) is 9.42. The number of imide groups is 1. The van der Waals surface area contributed by atoms with Gasteiger partial charge >= 0.3 is 0 Å². The van der Waals surface area contributed by atoms with Crippen LogP contribution in [0.3, 0.4) is 0 Å². The Morgan fingerprint density at radius 2 is 2.08 bits per heavy atom. The molecule has 1 saturated heterocycles. The number of amides is 2. The van der Waals surface area contributed by atoms with Crippen molar-refractivity contribution in [3.05, 3.63) is 11.6 Å². The van der Waals surface area contributed by atoms with Gasteiger partial charge in [-0.15, -0.1) is 0 Å². The Labute approximate surface area is 75.2 Å². The second kappa shape index (κ2) is 2.70. The molecule has 1 N–H and O–H groups in total. The summed E-state index contributed by atoms with van der Waals surface area (Å²) in [7, 11) is 0. The predicted molar refractivity (Wildman–Crippen MR) is 43.1 cm³/mol. The number of nitriles is 1. The normalized spacial score (nSPS) is 31.8. The van der Waals surface area contributed by atoms with E-state index in [0.29, 0.717) is 18.4 Å². The van der Waals surface area contributed by atoms with E-state index >= 15 is 0 Å². The SMILES string of the molecule is N#CC1=CCC2C(=O)NC(=O)C2C1. The van der Waals surface area contributed by atoms with Crippen molar-refractivity contribution in [2.45, 2.75) is 12.8 Å². The third kappa shape index (κ3) is 1.13. The lowest BCUT2D eigenvalue weighted by atomic mass is 9.82. The third-order valence-corrected chi connectivity index (χ3v) is 2.61. The third-order valence-electron chi connectivity index (χ3n) is 2.61. The molecule has 13 heavy (non-hydrogen) atoms. The topological polar surface area (TPSA) is 70.0 Å². The number of carbonyl (C=O) groups excluding carboxylic acids is 2. The van der Waals surface area contributed by atoms with E-state index < -0.39 is 0 Å². The molecule has 0 bridgehead atoms. The number of nitrogens with zero attached hydrogens (tertiary/aromatic N) is 1. The quantitative estimate of drug-likeness (QED) is 0.533. The van der Waals surface area contributed by atoms with Crippen molar-refractivity contribution in [1.29, 1.82) is 5.26 Å². The minimum absolute atomic E-state index is 0.191. The summed E-state index contributed by atoms with van der Waals surface area (Å²) in [4.78, 5) is 22.4. The lowest BCUT2D eigenvalue weighted by Gasteiger charge is -2.17. The number of fused-ring (bicyclic) bond motifs is 1. The van der Waals surface area contributed by atoms with Crippen LogP contribution in [0.25, 0.3) is 0 Å². The Morgan fingerprint density at radius 3 is 2.77 bits per heavy atom. The van der Waals surface area contributed by atoms with Gasteiger partial charge in [-0.3, -0.25) is 14.9 Å². The average Bonchev–Trinajstić information content (AvgIpc) is 2.42. The molecule has 4 heteroatoms. The van der Waals surface area contributed by atoms with Crippen molar-refractivity contribution >= 4 is 11.8 Å². The molecule has 2 atom stereocenters. The minimum Gasteiger partial charge on any atom is -0.296 e. The molecular formula is C9H8N2O2. The van der Waals surface area contributed by atoms with Crippen molar-refractivity contribution in [2.75, 3.05) is 0 Å². The van der Waals surface area contributed by atoms with Crippen molar-refractivity contribution < 1.29 is 9.59 Å². The molecule has 0 saturated carbocycles. The van der Waals surface area contributed by atoms with Crippen LogP contribution in [0.1, 0.15) is 12.8 Å². The molecule has 4 nitrogen and oxygen atoms in total. The van der Waals surface area contributed by atoms with Gasteiger partial charge in [0.2, 0.25) is 11.8 Å². The summed E-state index contributed by atoms with van der Waals surface area (Å²) in [6, 6.07) is 2.02. The number of carbonyl (C=O) groups is 2. The van der Waals surface area contributed by atoms with E-state index in [-0.39, 0.29) is 23.7 Å². The van der Waals surface area contributed by atoms with Crippen LogP contribution in [0.4, 0.5) is 0 Å². The Kier molecular flexibility index (Phi) is 1.66. The number of hydrogen-bond acceptors (Lipinski definition) is 3. The van der Waals surface area contributed by atoms with E-state index in [2.05, 4.69) is 5.32 Å². The van der Waals surface area contributed by atoms with E-state index in [4.69, 9.17) is 5.26 Å². The standard InChI is InChI=1S/C9H8N2O2/c10-4-5-1-2-6-7(3-5)9(13)11-8(6)12/h1,6-7H,2-3H2,(H,11,12,13). The maximum Gasteiger partial charge on any atom is 0.230 e. The molecule has 0 aromatic heterocycles. The first-order valence-electron chi connectivity index (χ1n) is 4.16. The fourth-order valence-electron chi connectivity index (χ4n) is 1.86. The summed E-state index contributed by atoms with van der Waals surface area (Å²) in [5.41, 5.74) is 0.617. The first-order valence-corrected chi connectivity index (χ1v) is 4.16. The molecular weight excluding hydrogens is 168 g/mol. The first kappa shape index (κ1) is 7.99.